The van der Waals surface area contributed by atoms with Crippen LogP contribution in [0.3, 0.4) is 0 Å². The Hall–Kier alpha value is -2.84. The summed E-state index contributed by atoms with van der Waals surface area (Å²) in [5.74, 6) is 1.09. The van der Waals surface area contributed by atoms with Crippen molar-refractivity contribution in [3.05, 3.63) is 59.7 Å². The Morgan fingerprint density at radius 2 is 1.78 bits per heavy atom. The first kappa shape index (κ1) is 23.8. The summed E-state index contributed by atoms with van der Waals surface area (Å²) in [4.78, 5) is 12.4. The highest BCUT2D eigenvalue weighted by Crippen LogP contribution is 2.25. The Morgan fingerprint density at radius 1 is 1.06 bits per heavy atom. The fourth-order valence-corrected chi connectivity index (χ4v) is 5.00. The number of hydrogen-bond acceptors (Lipinski definition) is 5. The largest absolute Gasteiger partial charge is 0.497 e. The Labute approximate surface area is 189 Å². The van der Waals surface area contributed by atoms with Gasteiger partial charge in [0.15, 0.2) is 0 Å². The minimum atomic E-state index is -3.49. The molecule has 1 aliphatic carbocycles. The molecule has 1 saturated carbocycles. The molecule has 1 amide bonds. The third kappa shape index (κ3) is 6.58. The molecule has 2 aromatic carbocycles. The molecule has 3 rings (SSSR count). The van der Waals surface area contributed by atoms with Gasteiger partial charge in [0.1, 0.15) is 11.5 Å². The molecule has 1 aliphatic rings. The molecule has 8 heteroatoms. The summed E-state index contributed by atoms with van der Waals surface area (Å²) < 4.78 is 38.3. The lowest BCUT2D eigenvalue weighted by molar-refractivity contribution is -0.116. The van der Waals surface area contributed by atoms with E-state index in [0.717, 1.165) is 36.8 Å². The number of ether oxygens (including phenoxy) is 2. The summed E-state index contributed by atoms with van der Waals surface area (Å²) in [5, 5.41) is 2.83. The predicted molar refractivity (Wildman–Crippen MR) is 124 cm³/mol. The van der Waals surface area contributed by atoms with E-state index in [4.69, 9.17) is 9.47 Å². The summed E-state index contributed by atoms with van der Waals surface area (Å²) in [6.45, 7) is 0.435. The van der Waals surface area contributed by atoms with E-state index in [1.165, 1.54) is 6.08 Å². The molecule has 0 atom stereocenters. The number of methoxy groups -OCH3 is 2. The molecule has 2 N–H and O–H groups in total. The topological polar surface area (TPSA) is 93.7 Å². The molecule has 0 heterocycles. The van der Waals surface area contributed by atoms with Gasteiger partial charge in [-0.15, -0.1) is 0 Å². The number of carbonyl (C=O) groups is 1. The number of rotatable bonds is 10. The van der Waals surface area contributed by atoms with E-state index in [-0.39, 0.29) is 16.8 Å². The van der Waals surface area contributed by atoms with Crippen molar-refractivity contribution in [3.8, 4) is 11.5 Å². The van der Waals surface area contributed by atoms with Crippen molar-refractivity contribution in [1.29, 1.82) is 0 Å². The third-order valence-corrected chi connectivity index (χ3v) is 7.01. The van der Waals surface area contributed by atoms with Crippen LogP contribution in [0.2, 0.25) is 0 Å². The number of carbonyl (C=O) groups excluding carboxylic acids is 1. The quantitative estimate of drug-likeness (QED) is 0.533. The normalized spacial score (nSPS) is 14.6. The Balaban J connectivity index is 1.50. The van der Waals surface area contributed by atoms with Crippen molar-refractivity contribution in [2.45, 2.75) is 43.0 Å². The highest BCUT2D eigenvalue weighted by Gasteiger charge is 2.22. The minimum absolute atomic E-state index is 0.0416. The number of sulfonamides is 1. The summed E-state index contributed by atoms with van der Waals surface area (Å²) in [5.41, 5.74) is 1.69. The van der Waals surface area contributed by atoms with Crippen molar-refractivity contribution in [1.82, 2.24) is 10.0 Å². The molecule has 0 spiro atoms. The number of nitrogens with one attached hydrogen (secondary N) is 2. The van der Waals surface area contributed by atoms with Crippen LogP contribution in [0, 0.1) is 0 Å². The Kier molecular flexibility index (Phi) is 8.30. The van der Waals surface area contributed by atoms with E-state index in [1.807, 2.05) is 0 Å². The molecule has 0 aromatic heterocycles. The van der Waals surface area contributed by atoms with Crippen LogP contribution in [0.25, 0.3) is 6.08 Å². The minimum Gasteiger partial charge on any atom is -0.497 e. The highest BCUT2D eigenvalue weighted by atomic mass is 32.2. The fraction of sp³-hybridized carbons (Fsp3) is 0.375. The van der Waals surface area contributed by atoms with E-state index < -0.39 is 10.0 Å². The second-order valence-electron chi connectivity index (χ2n) is 7.73. The first-order valence-corrected chi connectivity index (χ1v) is 12.2. The SMILES string of the molecule is COc1ccc(OC)c(/C=C/C(=O)NCCc2ccc(S(=O)(=O)NC3CCCC3)cc2)c1. The first-order chi connectivity index (χ1) is 15.4. The maximum Gasteiger partial charge on any atom is 0.244 e. The third-order valence-electron chi connectivity index (χ3n) is 5.47. The van der Waals surface area contributed by atoms with E-state index in [9.17, 15) is 13.2 Å². The van der Waals surface area contributed by atoms with Crippen LogP contribution in [0.1, 0.15) is 36.8 Å². The number of amides is 1. The van der Waals surface area contributed by atoms with E-state index >= 15 is 0 Å². The van der Waals surface area contributed by atoms with Gasteiger partial charge in [-0.2, -0.15) is 0 Å². The molecule has 1 fully saturated rings. The van der Waals surface area contributed by atoms with Crippen molar-refractivity contribution >= 4 is 22.0 Å². The van der Waals surface area contributed by atoms with Crippen molar-refractivity contribution in [3.63, 3.8) is 0 Å². The molecule has 0 bridgehead atoms. The smallest absolute Gasteiger partial charge is 0.244 e. The fourth-order valence-electron chi connectivity index (χ4n) is 3.69. The van der Waals surface area contributed by atoms with Crippen LogP contribution in [0.15, 0.2) is 53.4 Å². The van der Waals surface area contributed by atoms with Gasteiger partial charge >= 0.3 is 0 Å². The molecular formula is C24H30N2O5S. The van der Waals surface area contributed by atoms with Gasteiger partial charge in [-0.05, 0) is 61.2 Å². The Bertz CT molecular complexity index is 1040. The molecule has 32 heavy (non-hydrogen) atoms. The molecule has 2 aromatic rings. The average Bonchev–Trinajstić information content (AvgIpc) is 3.30. The summed E-state index contributed by atoms with van der Waals surface area (Å²) >= 11 is 0. The lowest BCUT2D eigenvalue weighted by Crippen LogP contribution is -2.32. The van der Waals surface area contributed by atoms with Gasteiger partial charge in [-0.1, -0.05) is 25.0 Å². The maximum absolute atomic E-state index is 12.5. The van der Waals surface area contributed by atoms with Crippen molar-refractivity contribution < 1.29 is 22.7 Å². The second kappa shape index (κ2) is 11.2. The number of benzene rings is 2. The van der Waals surface area contributed by atoms with Gasteiger partial charge in [0, 0.05) is 24.2 Å². The second-order valence-corrected chi connectivity index (χ2v) is 9.44. The maximum atomic E-state index is 12.5. The van der Waals surface area contributed by atoms with Crippen LogP contribution in [-0.2, 0) is 21.2 Å². The molecule has 0 saturated heterocycles. The highest BCUT2D eigenvalue weighted by molar-refractivity contribution is 7.89. The molecule has 172 valence electrons. The molecule has 0 radical (unpaired) electrons. The zero-order valence-electron chi connectivity index (χ0n) is 18.5. The summed E-state index contributed by atoms with van der Waals surface area (Å²) in [7, 11) is -0.338. The van der Waals surface area contributed by atoms with E-state index in [0.29, 0.717) is 24.5 Å². The monoisotopic (exact) mass is 458 g/mol. The average molecular weight is 459 g/mol. The van der Waals surface area contributed by atoms with Crippen molar-refractivity contribution in [2.24, 2.45) is 0 Å². The van der Waals surface area contributed by atoms with Gasteiger partial charge in [0.25, 0.3) is 0 Å². The van der Waals surface area contributed by atoms with Gasteiger partial charge < -0.3 is 14.8 Å². The zero-order valence-corrected chi connectivity index (χ0v) is 19.3. The van der Waals surface area contributed by atoms with E-state index in [1.54, 1.807) is 62.8 Å². The summed E-state index contributed by atoms with van der Waals surface area (Å²) in [6, 6.07) is 12.2. The van der Waals surface area contributed by atoms with Gasteiger partial charge in [0.2, 0.25) is 15.9 Å². The van der Waals surface area contributed by atoms with Gasteiger partial charge in [-0.25, -0.2) is 13.1 Å². The standard InChI is InChI=1S/C24H30N2O5S/c1-30-21-10-13-23(31-2)19(17-21)9-14-24(27)25-16-15-18-7-11-22(12-8-18)32(28,29)26-20-5-3-4-6-20/h7-14,17,20,26H,3-6,15-16H2,1-2H3,(H,25,27)/b14-9+. The molecular weight excluding hydrogens is 428 g/mol. The lowest BCUT2D eigenvalue weighted by atomic mass is 10.1. The molecule has 7 nitrogen and oxygen atoms in total. The van der Waals surface area contributed by atoms with Crippen LogP contribution in [0.5, 0.6) is 11.5 Å². The lowest BCUT2D eigenvalue weighted by Gasteiger charge is -2.13. The predicted octanol–water partition coefficient (Wildman–Crippen LogP) is 3.30. The Morgan fingerprint density at radius 3 is 2.44 bits per heavy atom. The van der Waals surface area contributed by atoms with Crippen LogP contribution < -0.4 is 19.5 Å². The van der Waals surface area contributed by atoms with E-state index in [2.05, 4.69) is 10.0 Å². The van der Waals surface area contributed by atoms with Crippen LogP contribution in [-0.4, -0.2) is 41.1 Å². The van der Waals surface area contributed by atoms with Gasteiger partial charge in [-0.3, -0.25) is 4.79 Å². The van der Waals surface area contributed by atoms with Gasteiger partial charge in [0.05, 0.1) is 19.1 Å². The molecule has 0 unspecified atom stereocenters. The first-order valence-electron chi connectivity index (χ1n) is 10.7. The van der Waals surface area contributed by atoms with Crippen LogP contribution >= 0.6 is 0 Å². The molecule has 0 aliphatic heterocycles. The van der Waals surface area contributed by atoms with Crippen LogP contribution in [0.4, 0.5) is 0 Å². The van der Waals surface area contributed by atoms with Crippen molar-refractivity contribution in [2.75, 3.05) is 20.8 Å². The summed E-state index contributed by atoms with van der Waals surface area (Å²) in [6.07, 6.45) is 7.65. The number of hydrogen-bond donors (Lipinski definition) is 2. The zero-order chi connectivity index (χ0) is 23.0.